The summed E-state index contributed by atoms with van der Waals surface area (Å²) in [5.41, 5.74) is 7.41. The number of para-hydroxylation sites is 3. The van der Waals surface area contributed by atoms with Crippen molar-refractivity contribution in [3.05, 3.63) is 155 Å². The number of benzene rings is 3. The van der Waals surface area contributed by atoms with Crippen molar-refractivity contribution in [3.8, 4) is 0 Å². The second-order valence-corrected chi connectivity index (χ2v) is 17.9. The van der Waals surface area contributed by atoms with Gasteiger partial charge in [-0.3, -0.25) is 19.8 Å². The van der Waals surface area contributed by atoms with Crippen LogP contribution in [0.2, 0.25) is 13.0 Å². The lowest BCUT2D eigenvalue weighted by Gasteiger charge is -2.17. The number of thiocarbonyl (C=S) groups is 2. The standard InChI is InChI=1S/C14H12ClN3OS2.C13H11ClN2OS2.C7H5NS.C5H5ClN2OS/c15-12-7-6-11(21-12)13(19)16-17-14-18(8-9-20-14)10-4-2-1-3-5-10;14-12-7-6-11(19-12)10(17)8-15-13(18)16-9-4-2-1-3-5-9;9-6-8-7-4-2-1-3-5-7;6-4-2-1-3(10-4)5(9)8-7/h1-7H,8-9H2,(H,16,19);1-7H,8H2,(H2,15,16,18);1-5H;1-2H,7H2,(H,8,9). The number of ketones is 1. The van der Waals surface area contributed by atoms with Crippen LogP contribution in [0.5, 0.6) is 0 Å². The Bertz CT molecular complexity index is 2360. The minimum Gasteiger partial charge on any atom is -0.355 e. The predicted octanol–water partition coefficient (Wildman–Crippen LogP) is 10.7. The number of hydrazone groups is 1. The van der Waals surface area contributed by atoms with Gasteiger partial charge in [-0.15, -0.1) is 39.1 Å². The largest absolute Gasteiger partial charge is 0.355 e. The van der Waals surface area contributed by atoms with Gasteiger partial charge < -0.3 is 15.5 Å². The molecule has 20 heteroatoms. The fraction of sp³-hybridized carbons (Fsp3) is 0.0769. The molecule has 0 aliphatic carbocycles. The summed E-state index contributed by atoms with van der Waals surface area (Å²) in [5.74, 6) is 5.25. The average molecular weight is 961 g/mol. The number of thiophene rings is 3. The van der Waals surface area contributed by atoms with Crippen molar-refractivity contribution in [3.63, 3.8) is 0 Å². The monoisotopic (exact) mass is 958 g/mol. The van der Waals surface area contributed by atoms with Crippen molar-refractivity contribution in [1.82, 2.24) is 16.2 Å². The number of Topliss-reactive ketones (excluding diaryl/α,β-unsaturated/α-hetero) is 1. The van der Waals surface area contributed by atoms with Crippen LogP contribution in [0.15, 0.2) is 137 Å². The zero-order valence-corrected chi connectivity index (χ0v) is 37.6. The molecule has 1 fully saturated rings. The number of anilines is 2. The number of amides is 2. The van der Waals surface area contributed by atoms with Gasteiger partial charge in [-0.2, -0.15) is 4.99 Å². The molecule has 1 saturated heterocycles. The van der Waals surface area contributed by atoms with Crippen LogP contribution in [0.3, 0.4) is 0 Å². The highest BCUT2D eigenvalue weighted by atomic mass is 35.5. The van der Waals surface area contributed by atoms with E-state index in [4.69, 9.17) is 52.9 Å². The Morgan fingerprint density at radius 2 is 1.25 bits per heavy atom. The summed E-state index contributed by atoms with van der Waals surface area (Å²) in [4.78, 5) is 42.1. The molecule has 0 saturated carbocycles. The van der Waals surface area contributed by atoms with Crippen molar-refractivity contribution >= 4 is 155 Å². The lowest BCUT2D eigenvalue weighted by Crippen LogP contribution is -2.32. The van der Waals surface area contributed by atoms with E-state index in [1.807, 2.05) is 96.4 Å². The van der Waals surface area contributed by atoms with Gasteiger partial charge in [0.2, 0.25) is 0 Å². The number of rotatable bonds is 9. The van der Waals surface area contributed by atoms with Crippen molar-refractivity contribution in [2.45, 2.75) is 0 Å². The summed E-state index contributed by atoms with van der Waals surface area (Å²) in [7, 11) is 0. The normalized spacial score (nSPS) is 11.9. The lowest BCUT2D eigenvalue weighted by molar-refractivity contribution is 0.0950. The van der Waals surface area contributed by atoms with Gasteiger partial charge in [0.05, 0.1) is 45.0 Å². The van der Waals surface area contributed by atoms with Crippen molar-refractivity contribution in [2.75, 3.05) is 29.1 Å². The van der Waals surface area contributed by atoms with Gasteiger partial charge in [0.15, 0.2) is 16.1 Å². The fourth-order valence-corrected chi connectivity index (χ4v) is 8.48. The molecule has 0 radical (unpaired) electrons. The SMILES string of the molecule is NNC(=O)c1ccc(Cl)s1.O=C(CNC(=S)Nc1ccccc1)c1ccc(Cl)s1.O=C(NN=C1SCCN1c1ccccc1)c1ccc(Cl)s1.S=C=Nc1ccccc1. The number of nitrogens with one attached hydrogen (secondary N) is 4. The minimum atomic E-state index is -0.308. The van der Waals surface area contributed by atoms with E-state index in [2.05, 4.69) is 48.4 Å². The van der Waals surface area contributed by atoms with Crippen molar-refractivity contribution < 1.29 is 14.4 Å². The summed E-state index contributed by atoms with van der Waals surface area (Å²) in [6.07, 6.45) is 0. The minimum absolute atomic E-state index is 0.0332. The molecule has 7 rings (SSSR count). The van der Waals surface area contributed by atoms with E-state index in [0.29, 0.717) is 32.8 Å². The van der Waals surface area contributed by atoms with Crippen LogP contribution in [0, 0.1) is 0 Å². The molecule has 6 aromatic rings. The molecule has 3 aromatic heterocycles. The third-order valence-electron chi connectivity index (χ3n) is 7.04. The number of nitrogens with two attached hydrogens (primary N) is 1. The number of nitrogen functional groups attached to an aromatic ring is 1. The maximum absolute atomic E-state index is 12.0. The van der Waals surface area contributed by atoms with E-state index in [1.54, 1.807) is 48.2 Å². The number of hydrazine groups is 1. The molecule has 59 heavy (non-hydrogen) atoms. The van der Waals surface area contributed by atoms with E-state index in [0.717, 1.165) is 34.5 Å². The number of isothiocyanates is 1. The number of hydrogen-bond acceptors (Lipinski definition) is 12. The summed E-state index contributed by atoms with van der Waals surface area (Å²) in [6, 6.07) is 39.1. The van der Waals surface area contributed by atoms with E-state index in [9.17, 15) is 14.4 Å². The number of aliphatic imine (C=N–C) groups is 1. The number of carbonyl (C=O) groups excluding carboxylic acids is 3. The first kappa shape index (κ1) is 47.2. The molecular weight excluding hydrogens is 927 g/mol. The molecule has 0 atom stereocenters. The Morgan fingerprint density at radius 1 is 0.729 bits per heavy atom. The Hall–Kier alpha value is -4.49. The van der Waals surface area contributed by atoms with Gasteiger partial charge in [-0.05, 0) is 97.2 Å². The summed E-state index contributed by atoms with van der Waals surface area (Å²) in [6.45, 7) is 1.03. The summed E-state index contributed by atoms with van der Waals surface area (Å²) in [5, 5.41) is 13.6. The number of nitrogens with zero attached hydrogens (tertiary/aromatic N) is 3. The Morgan fingerprint density at radius 3 is 1.78 bits per heavy atom. The Kier molecular flexibility index (Phi) is 20.7. The summed E-state index contributed by atoms with van der Waals surface area (Å²) >= 11 is 32.0. The zero-order valence-electron chi connectivity index (χ0n) is 30.5. The zero-order chi connectivity index (χ0) is 42.4. The maximum Gasteiger partial charge on any atom is 0.281 e. The van der Waals surface area contributed by atoms with Crippen LogP contribution in [0.4, 0.5) is 17.1 Å². The molecule has 2 amide bonds. The molecule has 3 aromatic carbocycles. The Balaban J connectivity index is 0.000000185. The van der Waals surface area contributed by atoms with E-state index in [-0.39, 0.29) is 24.1 Å². The van der Waals surface area contributed by atoms with Crippen LogP contribution in [-0.4, -0.2) is 51.9 Å². The highest BCUT2D eigenvalue weighted by Gasteiger charge is 2.21. The molecule has 0 spiro atoms. The number of hydrogen-bond donors (Lipinski definition) is 5. The Labute approximate surface area is 382 Å². The quantitative estimate of drug-likeness (QED) is 0.0236. The molecule has 1 aliphatic rings. The second-order valence-electron chi connectivity index (χ2n) is 11.1. The average Bonchev–Trinajstić information content (AvgIpc) is 4.10. The van der Waals surface area contributed by atoms with Gasteiger partial charge in [-0.1, -0.05) is 101 Å². The van der Waals surface area contributed by atoms with E-state index < -0.39 is 0 Å². The van der Waals surface area contributed by atoms with Gasteiger partial charge in [0, 0.05) is 23.7 Å². The van der Waals surface area contributed by atoms with Crippen molar-refractivity contribution in [1.29, 1.82) is 0 Å². The van der Waals surface area contributed by atoms with Crippen LogP contribution < -0.4 is 32.2 Å². The molecule has 304 valence electrons. The summed E-state index contributed by atoms with van der Waals surface area (Å²) < 4.78 is 1.78. The molecule has 4 heterocycles. The van der Waals surface area contributed by atoms with Crippen LogP contribution in [0.1, 0.15) is 29.0 Å². The first-order chi connectivity index (χ1) is 28.6. The topological polar surface area (TPSA) is 153 Å². The number of halogens is 3. The van der Waals surface area contributed by atoms with Gasteiger partial charge in [-0.25, -0.2) is 11.3 Å². The number of thioether (sulfide) groups is 1. The first-order valence-corrected chi connectivity index (χ1v) is 22.3. The molecule has 0 bridgehead atoms. The van der Waals surface area contributed by atoms with Gasteiger partial charge in [0.1, 0.15) is 0 Å². The van der Waals surface area contributed by atoms with Crippen LogP contribution >= 0.6 is 105 Å². The third-order valence-corrected chi connectivity index (χ3v) is 12.1. The number of amidine groups is 1. The number of carbonyl (C=O) groups is 3. The molecule has 1 aliphatic heterocycles. The highest BCUT2D eigenvalue weighted by Crippen LogP contribution is 2.26. The van der Waals surface area contributed by atoms with Gasteiger partial charge >= 0.3 is 0 Å². The van der Waals surface area contributed by atoms with E-state index in [1.165, 1.54) is 34.0 Å². The highest BCUT2D eigenvalue weighted by molar-refractivity contribution is 8.14. The third kappa shape index (κ3) is 17.0. The fourth-order valence-electron chi connectivity index (χ4n) is 4.40. The second kappa shape index (κ2) is 25.9. The lowest BCUT2D eigenvalue weighted by atomic mass is 10.3. The molecular formula is C39H33Cl3N8O3S6. The van der Waals surface area contributed by atoms with Gasteiger partial charge in [0.25, 0.3) is 11.8 Å². The van der Waals surface area contributed by atoms with Crippen molar-refractivity contribution in [2.24, 2.45) is 15.9 Å². The molecule has 0 unspecified atom stereocenters. The van der Waals surface area contributed by atoms with E-state index >= 15 is 0 Å². The first-order valence-electron chi connectivity index (χ1n) is 16.9. The predicted molar refractivity (Wildman–Crippen MR) is 257 cm³/mol. The maximum atomic E-state index is 12.0. The van der Waals surface area contributed by atoms with Crippen LogP contribution in [-0.2, 0) is 0 Å². The molecule has 6 N–H and O–H groups in total. The smallest absolute Gasteiger partial charge is 0.281 e. The van der Waals surface area contributed by atoms with Crippen LogP contribution in [0.25, 0.3) is 0 Å². The molecule has 11 nitrogen and oxygen atoms in total.